The molecule has 0 atom stereocenters. The fourth-order valence-electron chi connectivity index (χ4n) is 1.48. The van der Waals surface area contributed by atoms with Gasteiger partial charge in [0.2, 0.25) is 0 Å². The normalized spacial score (nSPS) is 14.7. The van der Waals surface area contributed by atoms with Crippen molar-refractivity contribution in [3.8, 4) is 5.75 Å². The van der Waals surface area contributed by atoms with Gasteiger partial charge in [0.15, 0.2) is 12.6 Å². The molecule has 0 saturated heterocycles. The van der Waals surface area contributed by atoms with E-state index in [1.165, 1.54) is 6.92 Å². The van der Waals surface area contributed by atoms with Gasteiger partial charge in [0, 0.05) is 5.56 Å². The van der Waals surface area contributed by atoms with Gasteiger partial charge >= 0.3 is 0 Å². The van der Waals surface area contributed by atoms with Crippen molar-refractivity contribution in [3.05, 3.63) is 35.4 Å². The first-order valence-electron chi connectivity index (χ1n) is 4.78. The van der Waals surface area contributed by atoms with Crippen LogP contribution in [-0.4, -0.2) is 12.6 Å². The van der Waals surface area contributed by atoms with Crippen LogP contribution in [0.5, 0.6) is 5.75 Å². The summed E-state index contributed by atoms with van der Waals surface area (Å²) in [6.07, 6.45) is 3.34. The van der Waals surface area contributed by atoms with Gasteiger partial charge in [-0.15, -0.1) is 0 Å². The number of hydrogen-bond acceptors (Lipinski definition) is 3. The molecule has 0 aromatic heterocycles. The highest BCUT2D eigenvalue weighted by Gasteiger charge is 2.12. The van der Waals surface area contributed by atoms with Crippen molar-refractivity contribution in [2.45, 2.75) is 13.5 Å². The second-order valence-corrected chi connectivity index (χ2v) is 3.38. The number of carbonyl (C=O) groups excluding carboxylic acids is 1. The van der Waals surface area contributed by atoms with Gasteiger partial charge in [-0.05, 0) is 24.6 Å². The van der Waals surface area contributed by atoms with Crippen LogP contribution in [0.15, 0.2) is 24.3 Å². The van der Waals surface area contributed by atoms with Crippen LogP contribution in [0.1, 0.15) is 18.1 Å². The van der Waals surface area contributed by atoms with E-state index in [0.717, 1.165) is 16.9 Å². The van der Waals surface area contributed by atoms with Gasteiger partial charge < -0.3 is 9.47 Å². The minimum absolute atomic E-state index is 0.0326. The molecule has 78 valence electrons. The Morgan fingerprint density at radius 3 is 3.13 bits per heavy atom. The lowest BCUT2D eigenvalue weighted by molar-refractivity contribution is -0.112. The largest absolute Gasteiger partial charge is 0.467 e. The van der Waals surface area contributed by atoms with Crippen molar-refractivity contribution in [2.75, 3.05) is 6.79 Å². The third kappa shape index (κ3) is 2.25. The predicted octanol–water partition coefficient (Wildman–Crippen LogP) is 2.16. The number of rotatable bonds is 2. The summed E-state index contributed by atoms with van der Waals surface area (Å²) in [7, 11) is 0. The van der Waals surface area contributed by atoms with Crippen LogP contribution in [0.25, 0.3) is 6.08 Å². The third-order valence-corrected chi connectivity index (χ3v) is 2.21. The zero-order valence-electron chi connectivity index (χ0n) is 8.53. The van der Waals surface area contributed by atoms with Gasteiger partial charge in [-0.3, -0.25) is 4.79 Å². The molecule has 2 rings (SSSR count). The van der Waals surface area contributed by atoms with E-state index in [1.54, 1.807) is 12.2 Å². The SMILES string of the molecule is CC(=O)C=Cc1cccc2c1COCO2. The number of benzene rings is 1. The van der Waals surface area contributed by atoms with Gasteiger partial charge in [0.1, 0.15) is 5.75 Å². The molecule has 0 unspecified atom stereocenters. The number of ether oxygens (including phenoxy) is 2. The van der Waals surface area contributed by atoms with Crippen molar-refractivity contribution in [3.63, 3.8) is 0 Å². The Bertz CT molecular complexity index is 407. The maximum absolute atomic E-state index is 10.8. The van der Waals surface area contributed by atoms with Crippen molar-refractivity contribution in [2.24, 2.45) is 0 Å². The molecule has 1 aliphatic rings. The lowest BCUT2D eigenvalue weighted by Gasteiger charge is -2.19. The number of allylic oxidation sites excluding steroid dienone is 1. The quantitative estimate of drug-likeness (QED) is 0.692. The molecular weight excluding hydrogens is 192 g/mol. The molecule has 0 spiro atoms. The molecular formula is C12H12O3. The van der Waals surface area contributed by atoms with Crippen LogP contribution in [-0.2, 0) is 16.1 Å². The van der Waals surface area contributed by atoms with E-state index in [1.807, 2.05) is 18.2 Å². The first-order valence-corrected chi connectivity index (χ1v) is 4.78. The van der Waals surface area contributed by atoms with Crippen LogP contribution in [0.3, 0.4) is 0 Å². The summed E-state index contributed by atoms with van der Waals surface area (Å²) in [5, 5.41) is 0. The molecule has 1 aromatic carbocycles. The average Bonchev–Trinajstić information content (AvgIpc) is 2.26. The Kier molecular flexibility index (Phi) is 2.83. The van der Waals surface area contributed by atoms with Crippen LogP contribution in [0, 0.1) is 0 Å². The predicted molar refractivity (Wildman–Crippen MR) is 56.4 cm³/mol. The maximum Gasteiger partial charge on any atom is 0.189 e. The van der Waals surface area contributed by atoms with E-state index >= 15 is 0 Å². The highest BCUT2D eigenvalue weighted by atomic mass is 16.7. The molecule has 3 nitrogen and oxygen atoms in total. The fourth-order valence-corrected chi connectivity index (χ4v) is 1.48. The second-order valence-electron chi connectivity index (χ2n) is 3.38. The minimum Gasteiger partial charge on any atom is -0.467 e. The number of ketones is 1. The maximum atomic E-state index is 10.8. The Morgan fingerprint density at radius 1 is 1.47 bits per heavy atom. The molecule has 0 fully saturated rings. The number of hydrogen-bond donors (Lipinski definition) is 0. The van der Waals surface area contributed by atoms with E-state index in [2.05, 4.69) is 0 Å². The van der Waals surface area contributed by atoms with Crippen LogP contribution in [0.4, 0.5) is 0 Å². The minimum atomic E-state index is 0.0326. The first-order chi connectivity index (χ1) is 7.27. The zero-order chi connectivity index (χ0) is 10.7. The standard InChI is InChI=1S/C12H12O3/c1-9(13)5-6-10-3-2-4-12-11(10)7-14-8-15-12/h2-6H,7-8H2,1H3. The lowest BCUT2D eigenvalue weighted by Crippen LogP contribution is -2.12. The molecule has 0 N–H and O–H groups in total. The Morgan fingerprint density at radius 2 is 2.33 bits per heavy atom. The van der Waals surface area contributed by atoms with Crippen LogP contribution < -0.4 is 4.74 Å². The van der Waals surface area contributed by atoms with Crippen molar-refractivity contribution >= 4 is 11.9 Å². The topological polar surface area (TPSA) is 35.5 Å². The monoisotopic (exact) mass is 204 g/mol. The average molecular weight is 204 g/mol. The summed E-state index contributed by atoms with van der Waals surface area (Å²) < 4.78 is 10.5. The zero-order valence-corrected chi connectivity index (χ0v) is 8.53. The molecule has 0 amide bonds. The van der Waals surface area contributed by atoms with Gasteiger partial charge in [0.05, 0.1) is 6.61 Å². The van der Waals surface area contributed by atoms with E-state index in [4.69, 9.17) is 9.47 Å². The molecule has 0 bridgehead atoms. The Labute approximate surface area is 88.3 Å². The van der Waals surface area contributed by atoms with Gasteiger partial charge in [-0.2, -0.15) is 0 Å². The molecule has 0 aliphatic carbocycles. The highest BCUT2D eigenvalue weighted by molar-refractivity contribution is 5.91. The second kappa shape index (κ2) is 4.28. The molecule has 0 saturated carbocycles. The first kappa shape index (κ1) is 9.93. The van der Waals surface area contributed by atoms with Gasteiger partial charge in [-0.1, -0.05) is 18.2 Å². The Balaban J connectivity index is 2.35. The van der Waals surface area contributed by atoms with E-state index in [9.17, 15) is 4.79 Å². The molecule has 15 heavy (non-hydrogen) atoms. The van der Waals surface area contributed by atoms with Gasteiger partial charge in [0.25, 0.3) is 0 Å². The Hall–Kier alpha value is -1.61. The van der Waals surface area contributed by atoms with E-state index in [0.29, 0.717) is 13.4 Å². The number of carbonyl (C=O) groups is 1. The lowest BCUT2D eigenvalue weighted by atomic mass is 10.1. The van der Waals surface area contributed by atoms with Crippen molar-refractivity contribution in [1.82, 2.24) is 0 Å². The summed E-state index contributed by atoms with van der Waals surface area (Å²) in [5.41, 5.74) is 1.98. The molecule has 1 aliphatic heterocycles. The van der Waals surface area contributed by atoms with Crippen molar-refractivity contribution in [1.29, 1.82) is 0 Å². The van der Waals surface area contributed by atoms with E-state index < -0.39 is 0 Å². The van der Waals surface area contributed by atoms with Crippen LogP contribution >= 0.6 is 0 Å². The number of fused-ring (bicyclic) bond motifs is 1. The molecule has 1 heterocycles. The summed E-state index contributed by atoms with van der Waals surface area (Å²) >= 11 is 0. The third-order valence-electron chi connectivity index (χ3n) is 2.21. The molecule has 3 heteroatoms. The fraction of sp³-hybridized carbons (Fsp3) is 0.250. The van der Waals surface area contributed by atoms with Crippen molar-refractivity contribution < 1.29 is 14.3 Å². The summed E-state index contributed by atoms with van der Waals surface area (Å²) in [4.78, 5) is 10.8. The summed E-state index contributed by atoms with van der Waals surface area (Å²) in [6, 6.07) is 5.75. The summed E-state index contributed by atoms with van der Waals surface area (Å²) in [6.45, 7) is 2.36. The summed E-state index contributed by atoms with van der Waals surface area (Å²) in [5.74, 6) is 0.872. The molecule has 1 aromatic rings. The van der Waals surface area contributed by atoms with Gasteiger partial charge in [-0.25, -0.2) is 0 Å². The smallest absolute Gasteiger partial charge is 0.189 e. The highest BCUT2D eigenvalue weighted by Crippen LogP contribution is 2.27. The van der Waals surface area contributed by atoms with Crippen LogP contribution in [0.2, 0.25) is 0 Å². The molecule has 0 radical (unpaired) electrons. The van der Waals surface area contributed by atoms with E-state index in [-0.39, 0.29) is 5.78 Å².